The van der Waals surface area contributed by atoms with Crippen molar-refractivity contribution in [3.05, 3.63) is 11.8 Å². The summed E-state index contributed by atoms with van der Waals surface area (Å²) in [6.07, 6.45) is 3.37. The van der Waals surface area contributed by atoms with Crippen LogP contribution in [-0.4, -0.2) is 34.8 Å². The standard InChI is InChI=1S/C11H19N3O2/c1-3-5-12-11-13-8-9(2)10(14-11)16-7-4-6-15/h8,15H,3-7H2,1-2H3,(H,12,13,14). The van der Waals surface area contributed by atoms with Gasteiger partial charge in [0.05, 0.1) is 6.61 Å². The van der Waals surface area contributed by atoms with Crippen LogP contribution in [0.2, 0.25) is 0 Å². The van der Waals surface area contributed by atoms with Gasteiger partial charge in [-0.15, -0.1) is 0 Å². The van der Waals surface area contributed by atoms with Gasteiger partial charge in [-0.1, -0.05) is 6.92 Å². The van der Waals surface area contributed by atoms with Crippen molar-refractivity contribution in [3.63, 3.8) is 0 Å². The molecule has 90 valence electrons. The molecule has 1 aromatic heterocycles. The summed E-state index contributed by atoms with van der Waals surface area (Å²) in [6, 6.07) is 0. The molecule has 0 radical (unpaired) electrons. The molecule has 5 nitrogen and oxygen atoms in total. The van der Waals surface area contributed by atoms with Crippen LogP contribution in [0.25, 0.3) is 0 Å². The predicted molar refractivity (Wildman–Crippen MR) is 62.7 cm³/mol. The number of aromatic nitrogens is 2. The Hall–Kier alpha value is -1.36. The Morgan fingerprint density at radius 3 is 3.00 bits per heavy atom. The number of nitrogens with one attached hydrogen (secondary N) is 1. The second-order valence-corrected chi connectivity index (χ2v) is 3.53. The molecule has 0 spiro atoms. The largest absolute Gasteiger partial charge is 0.477 e. The van der Waals surface area contributed by atoms with Crippen LogP contribution in [0.5, 0.6) is 5.88 Å². The van der Waals surface area contributed by atoms with Gasteiger partial charge in [0, 0.05) is 31.3 Å². The third kappa shape index (κ3) is 4.02. The van der Waals surface area contributed by atoms with E-state index in [-0.39, 0.29) is 6.61 Å². The SMILES string of the molecule is CCCNc1ncc(C)c(OCCCO)n1. The molecule has 0 aliphatic carbocycles. The molecule has 1 rings (SSSR count). The van der Waals surface area contributed by atoms with Gasteiger partial charge in [0.15, 0.2) is 0 Å². The third-order valence-electron chi connectivity index (χ3n) is 2.00. The minimum Gasteiger partial charge on any atom is -0.477 e. The summed E-state index contributed by atoms with van der Waals surface area (Å²) in [6.45, 7) is 5.43. The molecule has 1 heterocycles. The second-order valence-electron chi connectivity index (χ2n) is 3.53. The number of hydrogen-bond acceptors (Lipinski definition) is 5. The molecule has 16 heavy (non-hydrogen) atoms. The maximum atomic E-state index is 8.66. The lowest BCUT2D eigenvalue weighted by Gasteiger charge is -2.09. The molecular formula is C11H19N3O2. The number of aliphatic hydroxyl groups is 1. The molecule has 0 aromatic carbocycles. The summed E-state index contributed by atoms with van der Waals surface area (Å²) < 4.78 is 5.45. The fourth-order valence-electron chi connectivity index (χ4n) is 1.13. The first-order chi connectivity index (χ1) is 7.77. The van der Waals surface area contributed by atoms with E-state index in [0.717, 1.165) is 18.5 Å². The molecule has 2 N–H and O–H groups in total. The lowest BCUT2D eigenvalue weighted by Crippen LogP contribution is -2.08. The van der Waals surface area contributed by atoms with Crippen LogP contribution in [0.4, 0.5) is 5.95 Å². The Bertz CT molecular complexity index is 318. The molecule has 0 aliphatic heterocycles. The number of aliphatic hydroxyl groups excluding tert-OH is 1. The molecule has 1 aromatic rings. The Morgan fingerprint density at radius 1 is 1.50 bits per heavy atom. The first-order valence-electron chi connectivity index (χ1n) is 5.59. The van der Waals surface area contributed by atoms with Crippen molar-refractivity contribution < 1.29 is 9.84 Å². The van der Waals surface area contributed by atoms with Crippen LogP contribution < -0.4 is 10.1 Å². The van der Waals surface area contributed by atoms with E-state index in [1.54, 1.807) is 6.20 Å². The smallest absolute Gasteiger partial charge is 0.225 e. The Balaban J connectivity index is 2.59. The Kier molecular flexibility index (Phi) is 5.56. The average molecular weight is 225 g/mol. The van der Waals surface area contributed by atoms with Crippen molar-refractivity contribution in [1.29, 1.82) is 0 Å². The molecular weight excluding hydrogens is 206 g/mol. The van der Waals surface area contributed by atoms with E-state index in [9.17, 15) is 0 Å². The first-order valence-corrected chi connectivity index (χ1v) is 5.59. The van der Waals surface area contributed by atoms with E-state index in [2.05, 4.69) is 22.2 Å². The molecule has 0 saturated heterocycles. The number of rotatable bonds is 7. The molecule has 5 heteroatoms. The molecule has 0 saturated carbocycles. The lowest BCUT2D eigenvalue weighted by molar-refractivity contribution is 0.228. The van der Waals surface area contributed by atoms with Gasteiger partial charge in [0.25, 0.3) is 0 Å². The summed E-state index contributed by atoms with van der Waals surface area (Å²) in [5.74, 6) is 1.17. The molecule has 0 aliphatic rings. The summed E-state index contributed by atoms with van der Waals surface area (Å²) in [4.78, 5) is 8.41. The van der Waals surface area contributed by atoms with E-state index in [1.165, 1.54) is 0 Å². The van der Waals surface area contributed by atoms with Crippen molar-refractivity contribution >= 4 is 5.95 Å². The molecule has 0 fully saturated rings. The lowest BCUT2D eigenvalue weighted by atomic mass is 10.4. The average Bonchev–Trinajstić information content (AvgIpc) is 2.30. The van der Waals surface area contributed by atoms with Gasteiger partial charge >= 0.3 is 0 Å². The fraction of sp³-hybridized carbons (Fsp3) is 0.636. The number of nitrogens with zero attached hydrogens (tertiary/aromatic N) is 2. The number of anilines is 1. The van der Waals surface area contributed by atoms with Crippen molar-refractivity contribution in [1.82, 2.24) is 9.97 Å². The van der Waals surface area contributed by atoms with Gasteiger partial charge in [-0.3, -0.25) is 0 Å². The minimum absolute atomic E-state index is 0.130. The molecule has 0 unspecified atom stereocenters. The zero-order valence-electron chi connectivity index (χ0n) is 9.86. The van der Waals surface area contributed by atoms with Crippen LogP contribution in [0.1, 0.15) is 25.3 Å². The number of aryl methyl sites for hydroxylation is 1. The highest BCUT2D eigenvalue weighted by atomic mass is 16.5. The highest BCUT2D eigenvalue weighted by Gasteiger charge is 2.04. The van der Waals surface area contributed by atoms with E-state index in [4.69, 9.17) is 9.84 Å². The summed E-state index contributed by atoms with van der Waals surface area (Å²) in [5.41, 5.74) is 0.903. The predicted octanol–water partition coefficient (Wildman–Crippen LogP) is 1.37. The van der Waals surface area contributed by atoms with Crippen LogP contribution in [-0.2, 0) is 0 Å². The normalized spacial score (nSPS) is 10.2. The van der Waals surface area contributed by atoms with E-state index >= 15 is 0 Å². The van der Waals surface area contributed by atoms with Gasteiger partial charge < -0.3 is 15.2 Å². The fourth-order valence-corrected chi connectivity index (χ4v) is 1.13. The van der Waals surface area contributed by atoms with Gasteiger partial charge in [-0.25, -0.2) is 4.98 Å². The van der Waals surface area contributed by atoms with Crippen molar-refractivity contribution in [2.75, 3.05) is 25.1 Å². The van der Waals surface area contributed by atoms with E-state index in [1.807, 2.05) is 6.92 Å². The number of hydrogen-bond donors (Lipinski definition) is 2. The van der Waals surface area contributed by atoms with Gasteiger partial charge in [-0.2, -0.15) is 4.98 Å². The van der Waals surface area contributed by atoms with Crippen molar-refractivity contribution in [2.45, 2.75) is 26.7 Å². The summed E-state index contributed by atoms with van der Waals surface area (Å²) >= 11 is 0. The van der Waals surface area contributed by atoms with Crippen molar-refractivity contribution in [3.8, 4) is 5.88 Å². The van der Waals surface area contributed by atoms with Crippen LogP contribution in [0.15, 0.2) is 6.20 Å². The first kappa shape index (κ1) is 12.7. The second kappa shape index (κ2) is 7.00. The topological polar surface area (TPSA) is 67.3 Å². The molecule has 0 amide bonds. The van der Waals surface area contributed by atoms with Gasteiger partial charge in [0.2, 0.25) is 11.8 Å². The highest BCUT2D eigenvalue weighted by Crippen LogP contribution is 2.15. The maximum Gasteiger partial charge on any atom is 0.225 e. The summed E-state index contributed by atoms with van der Waals surface area (Å²) in [7, 11) is 0. The molecule has 0 atom stereocenters. The monoisotopic (exact) mass is 225 g/mol. The van der Waals surface area contributed by atoms with Gasteiger partial charge in [-0.05, 0) is 13.3 Å². The van der Waals surface area contributed by atoms with E-state index < -0.39 is 0 Å². The van der Waals surface area contributed by atoms with Crippen LogP contribution >= 0.6 is 0 Å². The van der Waals surface area contributed by atoms with Crippen LogP contribution in [0, 0.1) is 6.92 Å². The van der Waals surface area contributed by atoms with Crippen LogP contribution in [0.3, 0.4) is 0 Å². The van der Waals surface area contributed by atoms with E-state index in [0.29, 0.717) is 24.9 Å². The Labute approximate surface area is 95.9 Å². The van der Waals surface area contributed by atoms with Gasteiger partial charge in [0.1, 0.15) is 0 Å². The molecule has 0 bridgehead atoms. The zero-order valence-corrected chi connectivity index (χ0v) is 9.86. The third-order valence-corrected chi connectivity index (χ3v) is 2.00. The zero-order chi connectivity index (χ0) is 11.8. The quantitative estimate of drug-likeness (QED) is 0.686. The summed E-state index contributed by atoms with van der Waals surface area (Å²) in [5, 5.41) is 11.8. The number of ether oxygens (including phenoxy) is 1. The maximum absolute atomic E-state index is 8.66. The highest BCUT2D eigenvalue weighted by molar-refractivity contribution is 5.32. The Morgan fingerprint density at radius 2 is 2.31 bits per heavy atom. The minimum atomic E-state index is 0.130. The van der Waals surface area contributed by atoms with Crippen molar-refractivity contribution in [2.24, 2.45) is 0 Å².